The summed E-state index contributed by atoms with van der Waals surface area (Å²) in [7, 11) is 2.90. The van der Waals surface area contributed by atoms with E-state index in [1.807, 2.05) is 6.92 Å². The minimum Gasteiger partial charge on any atom is -0.493 e. The van der Waals surface area contributed by atoms with Gasteiger partial charge in [0.1, 0.15) is 0 Å². The number of rotatable bonds is 10. The van der Waals surface area contributed by atoms with Gasteiger partial charge in [0.15, 0.2) is 29.6 Å². The highest BCUT2D eigenvalue weighted by Gasteiger charge is 2.14. The zero-order valence-corrected chi connectivity index (χ0v) is 17.4. The minimum absolute atomic E-state index is 0.101. The van der Waals surface area contributed by atoms with Crippen LogP contribution in [0.2, 0.25) is 5.02 Å². The number of benzene rings is 2. The molecule has 10 heteroatoms. The van der Waals surface area contributed by atoms with Gasteiger partial charge in [-0.25, -0.2) is 10.2 Å². The number of halogens is 1. The van der Waals surface area contributed by atoms with Gasteiger partial charge in [0.05, 0.1) is 32.1 Å². The normalized spacial score (nSPS) is 10.5. The molecule has 0 unspecified atom stereocenters. The van der Waals surface area contributed by atoms with Crippen LogP contribution >= 0.6 is 11.6 Å². The lowest BCUT2D eigenvalue weighted by molar-refractivity contribution is -0.139. The number of carbonyl (C=O) groups is 2. The van der Waals surface area contributed by atoms with Gasteiger partial charge in [-0.05, 0) is 42.8 Å². The molecule has 2 aromatic rings. The largest absolute Gasteiger partial charge is 0.493 e. The van der Waals surface area contributed by atoms with Gasteiger partial charge in [-0.3, -0.25) is 4.79 Å². The third-order valence-corrected chi connectivity index (χ3v) is 3.98. The first kappa shape index (κ1) is 22.8. The van der Waals surface area contributed by atoms with Gasteiger partial charge in [-0.1, -0.05) is 11.6 Å². The van der Waals surface area contributed by atoms with E-state index in [1.54, 1.807) is 24.3 Å². The van der Waals surface area contributed by atoms with Gasteiger partial charge in [0.25, 0.3) is 5.91 Å². The maximum Gasteiger partial charge on any atom is 0.341 e. The van der Waals surface area contributed by atoms with Gasteiger partial charge in [0.2, 0.25) is 0 Å². The number of hydrogen-bond donors (Lipinski definition) is 2. The summed E-state index contributed by atoms with van der Waals surface area (Å²) in [5.41, 5.74) is 3.25. The average molecular weight is 437 g/mol. The molecule has 9 nitrogen and oxygen atoms in total. The van der Waals surface area contributed by atoms with Crippen molar-refractivity contribution in [1.82, 2.24) is 5.43 Å². The Morgan fingerprint density at radius 2 is 1.83 bits per heavy atom. The lowest BCUT2D eigenvalue weighted by Crippen LogP contribution is -2.17. The van der Waals surface area contributed by atoms with E-state index in [2.05, 4.69) is 10.5 Å². The second-order valence-electron chi connectivity index (χ2n) is 5.71. The van der Waals surface area contributed by atoms with Crippen LogP contribution in [-0.2, 0) is 4.79 Å². The van der Waals surface area contributed by atoms with E-state index in [-0.39, 0.29) is 16.5 Å². The highest BCUT2D eigenvalue weighted by molar-refractivity contribution is 6.32. The van der Waals surface area contributed by atoms with Crippen LogP contribution in [0.4, 0.5) is 0 Å². The average Bonchev–Trinajstić information content (AvgIpc) is 2.72. The Morgan fingerprint density at radius 1 is 1.10 bits per heavy atom. The summed E-state index contributed by atoms with van der Waals surface area (Å²) in [5.74, 6) is -0.298. The number of methoxy groups -OCH3 is 2. The Hall–Kier alpha value is -3.46. The molecule has 0 heterocycles. The highest BCUT2D eigenvalue weighted by atomic mass is 35.5. The predicted octanol–water partition coefficient (Wildman–Crippen LogP) is 2.98. The lowest BCUT2D eigenvalue weighted by atomic mass is 10.2. The Labute approximate surface area is 178 Å². The number of amides is 1. The van der Waals surface area contributed by atoms with Gasteiger partial charge in [-0.2, -0.15) is 5.10 Å². The van der Waals surface area contributed by atoms with E-state index in [1.165, 1.54) is 26.5 Å². The number of carbonyl (C=O) groups excluding carboxylic acids is 1. The van der Waals surface area contributed by atoms with Crippen molar-refractivity contribution in [2.24, 2.45) is 5.10 Å². The van der Waals surface area contributed by atoms with Crippen molar-refractivity contribution in [2.75, 3.05) is 27.4 Å². The Bertz CT molecular complexity index is 947. The molecular formula is C20H21ClN2O7. The number of nitrogens with zero attached hydrogens (tertiary/aromatic N) is 1. The zero-order valence-electron chi connectivity index (χ0n) is 16.6. The molecule has 0 saturated carbocycles. The van der Waals surface area contributed by atoms with Gasteiger partial charge < -0.3 is 24.1 Å². The van der Waals surface area contributed by atoms with E-state index in [0.29, 0.717) is 29.2 Å². The number of hydrogen-bond acceptors (Lipinski definition) is 7. The maximum atomic E-state index is 12.3. The molecule has 0 aliphatic heterocycles. The van der Waals surface area contributed by atoms with Crippen molar-refractivity contribution in [3.63, 3.8) is 0 Å². The molecule has 0 spiro atoms. The van der Waals surface area contributed by atoms with Crippen molar-refractivity contribution in [3.8, 4) is 23.0 Å². The topological polar surface area (TPSA) is 116 Å². The Balaban J connectivity index is 2.12. The fraction of sp³-hybridized carbons (Fsp3) is 0.250. The van der Waals surface area contributed by atoms with E-state index in [0.717, 1.165) is 0 Å². The van der Waals surface area contributed by atoms with Gasteiger partial charge in [-0.15, -0.1) is 0 Å². The Kier molecular flexibility index (Phi) is 8.30. The molecule has 30 heavy (non-hydrogen) atoms. The monoisotopic (exact) mass is 436 g/mol. The molecular weight excluding hydrogens is 416 g/mol. The summed E-state index contributed by atoms with van der Waals surface area (Å²) in [5, 5.41) is 12.8. The summed E-state index contributed by atoms with van der Waals surface area (Å²) in [6.07, 6.45) is 1.36. The third-order valence-electron chi connectivity index (χ3n) is 3.70. The van der Waals surface area contributed by atoms with Crippen molar-refractivity contribution < 1.29 is 33.6 Å². The zero-order chi connectivity index (χ0) is 22.1. The molecule has 0 fully saturated rings. The van der Waals surface area contributed by atoms with E-state index >= 15 is 0 Å². The lowest BCUT2D eigenvalue weighted by Gasteiger charge is -2.12. The number of hydrazone groups is 1. The molecule has 160 valence electrons. The third kappa shape index (κ3) is 6.02. The molecule has 0 aliphatic rings. The quantitative estimate of drug-likeness (QED) is 0.434. The Morgan fingerprint density at radius 3 is 2.47 bits per heavy atom. The summed E-state index contributed by atoms with van der Waals surface area (Å²) in [6, 6.07) is 7.81. The SMILES string of the molecule is CCOc1cc(C(=O)N/N=C/c2cc(Cl)c(OCC(=O)O)c(OC)c2)ccc1OC. The second kappa shape index (κ2) is 10.9. The molecule has 0 aromatic heterocycles. The number of carboxylic acids is 1. The fourth-order valence-electron chi connectivity index (χ4n) is 2.40. The standard InChI is InChI=1S/C20H21ClN2O7/c1-4-29-16-9-13(5-6-15(16)27-2)20(26)23-22-10-12-7-14(21)19(17(8-12)28-3)30-11-18(24)25/h5-10H,4,11H2,1-3H3,(H,23,26)(H,24,25)/b22-10+. The molecule has 0 saturated heterocycles. The molecule has 2 N–H and O–H groups in total. The first-order valence-electron chi connectivity index (χ1n) is 8.76. The van der Waals surface area contributed by atoms with E-state index < -0.39 is 18.5 Å². The summed E-state index contributed by atoms with van der Waals surface area (Å²) in [6.45, 7) is 1.69. The van der Waals surface area contributed by atoms with Crippen molar-refractivity contribution in [1.29, 1.82) is 0 Å². The summed E-state index contributed by atoms with van der Waals surface area (Å²) in [4.78, 5) is 23.0. The smallest absolute Gasteiger partial charge is 0.341 e. The van der Waals surface area contributed by atoms with Crippen LogP contribution in [0.3, 0.4) is 0 Å². The molecule has 2 aromatic carbocycles. The molecule has 0 bridgehead atoms. The maximum absolute atomic E-state index is 12.3. The molecule has 0 aliphatic carbocycles. The van der Waals surface area contributed by atoms with Crippen LogP contribution in [0.15, 0.2) is 35.4 Å². The molecule has 2 rings (SSSR count). The first-order valence-corrected chi connectivity index (χ1v) is 9.13. The molecule has 0 radical (unpaired) electrons. The number of aliphatic carboxylic acids is 1. The van der Waals surface area contributed by atoms with Gasteiger partial charge in [0, 0.05) is 5.56 Å². The van der Waals surface area contributed by atoms with Crippen LogP contribution in [0.1, 0.15) is 22.8 Å². The fourth-order valence-corrected chi connectivity index (χ4v) is 2.68. The van der Waals surface area contributed by atoms with Crippen LogP contribution in [0.25, 0.3) is 0 Å². The summed E-state index contributed by atoms with van der Waals surface area (Å²) < 4.78 is 21.0. The van der Waals surface area contributed by atoms with Crippen LogP contribution in [-0.4, -0.2) is 50.6 Å². The molecule has 0 atom stereocenters. The first-order chi connectivity index (χ1) is 14.4. The van der Waals surface area contributed by atoms with Crippen LogP contribution in [0.5, 0.6) is 23.0 Å². The second-order valence-corrected chi connectivity index (χ2v) is 6.12. The van der Waals surface area contributed by atoms with E-state index in [4.69, 9.17) is 35.7 Å². The van der Waals surface area contributed by atoms with Gasteiger partial charge >= 0.3 is 5.97 Å². The van der Waals surface area contributed by atoms with Crippen molar-refractivity contribution >= 4 is 29.7 Å². The van der Waals surface area contributed by atoms with Crippen molar-refractivity contribution in [2.45, 2.75) is 6.92 Å². The highest BCUT2D eigenvalue weighted by Crippen LogP contribution is 2.36. The predicted molar refractivity (Wildman–Crippen MR) is 110 cm³/mol. The van der Waals surface area contributed by atoms with E-state index in [9.17, 15) is 9.59 Å². The number of ether oxygens (including phenoxy) is 4. The van der Waals surface area contributed by atoms with Crippen molar-refractivity contribution in [3.05, 3.63) is 46.5 Å². The van der Waals surface area contributed by atoms with Crippen LogP contribution in [0, 0.1) is 0 Å². The van der Waals surface area contributed by atoms with Crippen LogP contribution < -0.4 is 24.4 Å². The number of nitrogens with one attached hydrogen (secondary N) is 1. The minimum atomic E-state index is -1.15. The summed E-state index contributed by atoms with van der Waals surface area (Å²) >= 11 is 6.14. The number of carboxylic acid groups (broad SMARTS) is 1. The molecule has 1 amide bonds.